The molecule has 34 valence electrons. The molecule has 0 heterocycles. The summed E-state index contributed by atoms with van der Waals surface area (Å²) in [6.07, 6.45) is 0. The van der Waals surface area contributed by atoms with E-state index in [1.807, 2.05) is 0 Å². The van der Waals surface area contributed by atoms with E-state index < -0.39 is 0 Å². The molecule has 0 N–H and O–H groups in total. The number of alkyl halides is 3. The van der Waals surface area contributed by atoms with Gasteiger partial charge in [0.05, 0.1) is 0 Å². The van der Waals surface area contributed by atoms with Gasteiger partial charge in [-0.25, -0.2) is 0 Å². The molecular weight excluding hydrogens is 290 g/mol. The molecule has 0 bridgehead atoms. The SMILES string of the molecule is C[I-]CCI. The first-order chi connectivity index (χ1) is 2.41. The van der Waals surface area contributed by atoms with E-state index in [9.17, 15) is 0 Å². The third-order valence-electron chi connectivity index (χ3n) is 0.260. The van der Waals surface area contributed by atoms with Crippen molar-refractivity contribution in [2.75, 3.05) is 13.8 Å². The fraction of sp³-hybridized carbons (Fsp3) is 1.00. The summed E-state index contributed by atoms with van der Waals surface area (Å²) < 4.78 is 2.85. The summed E-state index contributed by atoms with van der Waals surface area (Å²) in [6.45, 7) is 0. The average molecular weight is 297 g/mol. The Morgan fingerprint density at radius 3 is 2.40 bits per heavy atom. The van der Waals surface area contributed by atoms with Crippen LogP contribution in [0, 0.1) is 0 Å². The van der Waals surface area contributed by atoms with Gasteiger partial charge in [0.2, 0.25) is 0 Å². The van der Waals surface area contributed by atoms with Gasteiger partial charge in [0.25, 0.3) is 0 Å². The van der Waals surface area contributed by atoms with Crippen LogP contribution in [0.2, 0.25) is 0 Å². The van der Waals surface area contributed by atoms with E-state index in [1.54, 1.807) is 0 Å². The standard InChI is InChI=1S/C3H7I2/c1-5-3-2-4/h2-3H2,1H3/q-1. The maximum atomic E-state index is 2.41. The number of hydrogen-bond donors (Lipinski definition) is 0. The Bertz CT molecular complexity index is 12.4. The molecule has 0 nitrogen and oxygen atoms in total. The summed E-state index contributed by atoms with van der Waals surface area (Å²) in [6, 6.07) is 0. The van der Waals surface area contributed by atoms with Crippen LogP contribution in [0.3, 0.4) is 0 Å². The second kappa shape index (κ2) is 5.46. The second-order valence-corrected chi connectivity index (χ2v) is 4.33. The fourth-order valence-corrected chi connectivity index (χ4v) is 3.21. The van der Waals surface area contributed by atoms with E-state index in [1.165, 1.54) is 8.86 Å². The zero-order valence-electron chi connectivity index (χ0n) is 3.17. The van der Waals surface area contributed by atoms with Crippen molar-refractivity contribution in [3.63, 3.8) is 0 Å². The molecule has 0 aliphatic carbocycles. The zero-order valence-corrected chi connectivity index (χ0v) is 7.49. The minimum absolute atomic E-state index is 0.600. The molecule has 0 radical (unpaired) electrons. The molecule has 0 unspecified atom stereocenters. The van der Waals surface area contributed by atoms with Gasteiger partial charge in [-0.05, 0) is 0 Å². The first-order valence-electron chi connectivity index (χ1n) is 1.41. The van der Waals surface area contributed by atoms with Crippen LogP contribution in [-0.2, 0) is 0 Å². The van der Waals surface area contributed by atoms with Gasteiger partial charge in [-0.1, -0.05) is 0 Å². The van der Waals surface area contributed by atoms with Crippen LogP contribution in [0.15, 0.2) is 0 Å². The summed E-state index contributed by atoms with van der Waals surface area (Å²) >= 11 is 3.01. The fourth-order valence-electron chi connectivity index (χ4n) is 0.0714. The Labute approximate surface area is 57.1 Å². The van der Waals surface area contributed by atoms with Gasteiger partial charge in [-0.15, -0.1) is 0 Å². The van der Waals surface area contributed by atoms with E-state index >= 15 is 0 Å². The van der Waals surface area contributed by atoms with Gasteiger partial charge >= 0.3 is 57.6 Å². The summed E-state index contributed by atoms with van der Waals surface area (Å²) in [5, 5.41) is 0. The Kier molecular flexibility index (Phi) is 7.05. The third kappa shape index (κ3) is 5.46. The predicted octanol–water partition coefficient (Wildman–Crippen LogP) is -1.86. The van der Waals surface area contributed by atoms with Crippen molar-refractivity contribution >= 4 is 22.6 Å². The van der Waals surface area contributed by atoms with Crippen LogP contribution in [0.5, 0.6) is 0 Å². The molecule has 0 amide bonds. The summed E-state index contributed by atoms with van der Waals surface area (Å²) in [5.41, 5.74) is 0. The second-order valence-electron chi connectivity index (χ2n) is 0.645. The van der Waals surface area contributed by atoms with Crippen LogP contribution in [0.1, 0.15) is 0 Å². The van der Waals surface area contributed by atoms with Crippen molar-refractivity contribution in [2.24, 2.45) is 0 Å². The topological polar surface area (TPSA) is 0 Å². The Hall–Kier alpha value is 1.46. The molecule has 0 aromatic heterocycles. The van der Waals surface area contributed by atoms with Gasteiger partial charge in [-0.3, -0.25) is 0 Å². The predicted molar refractivity (Wildman–Crippen MR) is 29.7 cm³/mol. The number of rotatable bonds is 2. The van der Waals surface area contributed by atoms with E-state index in [0.717, 1.165) is 0 Å². The van der Waals surface area contributed by atoms with Crippen molar-refractivity contribution in [1.29, 1.82) is 0 Å². The molecule has 2 heteroatoms. The molecule has 0 aliphatic rings. The van der Waals surface area contributed by atoms with Crippen molar-refractivity contribution in [1.82, 2.24) is 0 Å². The molecular formula is C3H7I2-. The van der Waals surface area contributed by atoms with Gasteiger partial charge in [0.15, 0.2) is 0 Å². The zero-order chi connectivity index (χ0) is 4.12. The molecule has 0 saturated carbocycles. The van der Waals surface area contributed by atoms with Crippen molar-refractivity contribution < 1.29 is 21.2 Å². The third-order valence-corrected chi connectivity index (χ3v) is 4.48. The number of halogens is 2. The van der Waals surface area contributed by atoms with E-state index in [2.05, 4.69) is 27.5 Å². The molecule has 0 aromatic carbocycles. The van der Waals surface area contributed by atoms with Gasteiger partial charge in [0, 0.05) is 0 Å². The minimum atomic E-state index is 0.600. The van der Waals surface area contributed by atoms with Crippen LogP contribution in [-0.4, -0.2) is 13.8 Å². The molecule has 5 heavy (non-hydrogen) atoms. The van der Waals surface area contributed by atoms with E-state index in [-0.39, 0.29) is 0 Å². The Morgan fingerprint density at radius 1 is 1.80 bits per heavy atom. The van der Waals surface area contributed by atoms with E-state index in [4.69, 9.17) is 0 Å². The molecule has 0 aromatic rings. The molecule has 0 atom stereocenters. The quantitative estimate of drug-likeness (QED) is 0.414. The molecule has 0 spiro atoms. The van der Waals surface area contributed by atoms with Crippen LogP contribution in [0.25, 0.3) is 0 Å². The van der Waals surface area contributed by atoms with Gasteiger partial charge in [-0.2, -0.15) is 0 Å². The van der Waals surface area contributed by atoms with Crippen LogP contribution >= 0.6 is 22.6 Å². The van der Waals surface area contributed by atoms with Crippen LogP contribution < -0.4 is 21.2 Å². The van der Waals surface area contributed by atoms with Gasteiger partial charge in [0.1, 0.15) is 0 Å². The summed E-state index contributed by atoms with van der Waals surface area (Å²) in [4.78, 5) is 2.32. The van der Waals surface area contributed by atoms with Crippen molar-refractivity contribution in [2.45, 2.75) is 0 Å². The molecule has 0 saturated heterocycles. The Balaban J connectivity index is 2.19. The Morgan fingerprint density at radius 2 is 2.40 bits per heavy atom. The monoisotopic (exact) mass is 297 g/mol. The van der Waals surface area contributed by atoms with E-state index in [0.29, 0.717) is 21.2 Å². The normalized spacial score (nSPS) is 9.20. The number of hydrogen-bond acceptors (Lipinski definition) is 0. The van der Waals surface area contributed by atoms with Crippen molar-refractivity contribution in [3.8, 4) is 0 Å². The molecule has 0 rings (SSSR count). The average Bonchev–Trinajstić information content (AvgIpc) is 1.41. The molecule has 0 aliphatic heterocycles. The maximum absolute atomic E-state index is 2.41. The summed E-state index contributed by atoms with van der Waals surface area (Å²) in [5.74, 6) is 0. The molecule has 0 fully saturated rings. The summed E-state index contributed by atoms with van der Waals surface area (Å²) in [7, 11) is 0. The first kappa shape index (κ1) is 6.46. The van der Waals surface area contributed by atoms with Gasteiger partial charge < -0.3 is 0 Å². The van der Waals surface area contributed by atoms with Crippen molar-refractivity contribution in [3.05, 3.63) is 0 Å². The van der Waals surface area contributed by atoms with Crippen LogP contribution in [0.4, 0.5) is 0 Å². The first-order valence-corrected chi connectivity index (χ1v) is 6.62.